The van der Waals surface area contributed by atoms with Crippen LogP contribution in [0.5, 0.6) is 11.5 Å². The van der Waals surface area contributed by atoms with Gasteiger partial charge in [0.05, 0.1) is 12.1 Å². The van der Waals surface area contributed by atoms with Gasteiger partial charge in [0.2, 0.25) is 0 Å². The summed E-state index contributed by atoms with van der Waals surface area (Å²) in [4.78, 5) is 12.4. The highest BCUT2D eigenvalue weighted by molar-refractivity contribution is 7.86. The molecule has 4 atom stereocenters. The number of nitrogens with zero attached hydrogens (tertiary/aromatic N) is 2. The van der Waals surface area contributed by atoms with Crippen LogP contribution < -0.4 is 14.8 Å². The average Bonchev–Trinajstić information content (AvgIpc) is 3.12. The minimum absolute atomic E-state index is 0.0865. The lowest BCUT2D eigenvalue weighted by molar-refractivity contribution is -0.0565. The topological polar surface area (TPSA) is 129 Å². The minimum atomic E-state index is -4.42. The molecule has 236 valence electrons. The molecule has 0 aliphatic carbocycles. The third kappa shape index (κ3) is 7.70. The number of ether oxygens (including phenoxy) is 2. The predicted octanol–water partition coefficient (Wildman–Crippen LogP) is 3.23. The van der Waals surface area contributed by atoms with Crippen LogP contribution in [0.3, 0.4) is 0 Å². The molecular formula is C34H37N3O7S. The van der Waals surface area contributed by atoms with E-state index in [0.29, 0.717) is 28.2 Å². The molecular weight excluding hydrogens is 594 g/mol. The Labute approximate surface area is 263 Å². The summed E-state index contributed by atoms with van der Waals surface area (Å²) in [6.07, 6.45) is -3.10. The van der Waals surface area contributed by atoms with Gasteiger partial charge in [-0.2, -0.15) is 17.0 Å². The van der Waals surface area contributed by atoms with Gasteiger partial charge in [-0.25, -0.2) is 0 Å². The highest BCUT2D eigenvalue weighted by Gasteiger charge is 2.51. The van der Waals surface area contributed by atoms with E-state index in [9.17, 15) is 23.4 Å². The van der Waals surface area contributed by atoms with Crippen LogP contribution in [0.2, 0.25) is 0 Å². The molecule has 10 nitrogen and oxygen atoms in total. The van der Waals surface area contributed by atoms with E-state index >= 15 is 0 Å². The maximum atomic E-state index is 14.8. The van der Waals surface area contributed by atoms with Crippen molar-refractivity contribution in [3.8, 4) is 11.5 Å². The molecule has 1 saturated heterocycles. The van der Waals surface area contributed by atoms with Crippen molar-refractivity contribution >= 4 is 16.1 Å². The van der Waals surface area contributed by atoms with Crippen LogP contribution in [0.1, 0.15) is 21.5 Å². The Balaban J connectivity index is 1.57. The fourth-order valence-electron chi connectivity index (χ4n) is 5.33. The Kier molecular flexibility index (Phi) is 10.5. The second-order valence-corrected chi connectivity index (χ2v) is 12.6. The largest absolute Gasteiger partial charge is 0.492 e. The molecule has 0 unspecified atom stereocenters. The molecule has 45 heavy (non-hydrogen) atoms. The maximum absolute atomic E-state index is 14.8. The molecule has 1 fully saturated rings. The van der Waals surface area contributed by atoms with Crippen molar-refractivity contribution in [2.75, 3.05) is 20.3 Å². The van der Waals surface area contributed by atoms with E-state index in [4.69, 9.17) is 9.47 Å². The lowest BCUT2D eigenvalue weighted by Crippen LogP contribution is -2.52. The number of aliphatic hydroxyl groups is 2. The standard InChI is InChI=1S/C34H37N3O7S/c1-35-34(40)27-15-11-14-26(20-27)22-37-31(24-44-29-18-9-4-10-19-29)33(39)32(38)30(23-43-28-16-7-3-8-17-28)36(45(37,41)42)21-25-12-5-2-6-13-25/h2-20,30-33,38-39H,21-24H2,1H3,(H,35,40)/t30-,31+,32+,33+/m0/s1. The molecule has 5 rings (SSSR count). The van der Waals surface area contributed by atoms with E-state index in [-0.39, 0.29) is 32.2 Å². The zero-order valence-electron chi connectivity index (χ0n) is 24.8. The molecule has 3 N–H and O–H groups in total. The summed E-state index contributed by atoms with van der Waals surface area (Å²) in [5.41, 5.74) is 1.56. The molecule has 0 aromatic heterocycles. The van der Waals surface area contributed by atoms with Crippen molar-refractivity contribution in [3.05, 3.63) is 132 Å². The van der Waals surface area contributed by atoms with Crippen LogP contribution in [0.15, 0.2) is 115 Å². The zero-order chi connectivity index (χ0) is 31.8. The van der Waals surface area contributed by atoms with Gasteiger partial charge in [-0.05, 0) is 47.5 Å². The van der Waals surface area contributed by atoms with Crippen molar-refractivity contribution in [3.63, 3.8) is 0 Å². The molecule has 1 amide bonds. The molecule has 0 radical (unpaired) electrons. The molecule has 1 aliphatic heterocycles. The van der Waals surface area contributed by atoms with Gasteiger partial charge in [0.15, 0.2) is 0 Å². The van der Waals surface area contributed by atoms with Crippen molar-refractivity contribution in [2.24, 2.45) is 0 Å². The number of benzene rings is 4. The van der Waals surface area contributed by atoms with Crippen LogP contribution in [-0.4, -0.2) is 77.7 Å². The fraction of sp³-hybridized carbons (Fsp3) is 0.265. The first-order chi connectivity index (χ1) is 21.8. The first-order valence-corrected chi connectivity index (χ1v) is 16.0. The number of amides is 1. The number of hydrogen-bond acceptors (Lipinski definition) is 7. The van der Waals surface area contributed by atoms with Crippen molar-refractivity contribution in [1.29, 1.82) is 0 Å². The van der Waals surface area contributed by atoms with Crippen LogP contribution >= 0.6 is 0 Å². The fourth-order valence-corrected chi connectivity index (χ4v) is 7.28. The molecule has 0 spiro atoms. The minimum Gasteiger partial charge on any atom is -0.492 e. The van der Waals surface area contributed by atoms with Crippen molar-refractivity contribution < 1.29 is 32.9 Å². The van der Waals surface area contributed by atoms with Gasteiger partial charge in [-0.3, -0.25) is 4.79 Å². The van der Waals surface area contributed by atoms with E-state index in [1.165, 1.54) is 11.4 Å². The summed E-state index contributed by atoms with van der Waals surface area (Å²) in [6.45, 7) is -0.753. The lowest BCUT2D eigenvalue weighted by Gasteiger charge is -2.34. The third-order valence-corrected chi connectivity index (χ3v) is 9.72. The summed E-state index contributed by atoms with van der Waals surface area (Å²) in [6, 6.07) is 31.0. The third-order valence-electron chi connectivity index (χ3n) is 7.73. The Morgan fingerprint density at radius 3 is 1.62 bits per heavy atom. The van der Waals surface area contributed by atoms with Crippen LogP contribution in [0, 0.1) is 0 Å². The Morgan fingerprint density at radius 2 is 1.13 bits per heavy atom. The second-order valence-electron chi connectivity index (χ2n) is 10.7. The van der Waals surface area contributed by atoms with Gasteiger partial charge in [0, 0.05) is 25.7 Å². The van der Waals surface area contributed by atoms with Gasteiger partial charge in [-0.15, -0.1) is 0 Å². The van der Waals surface area contributed by atoms with E-state index in [1.54, 1.807) is 97.1 Å². The molecule has 0 saturated carbocycles. The first kappa shape index (κ1) is 32.1. The van der Waals surface area contributed by atoms with Gasteiger partial charge in [-0.1, -0.05) is 78.9 Å². The summed E-state index contributed by atoms with van der Waals surface area (Å²) in [5, 5.41) is 26.0. The molecule has 1 heterocycles. The van der Waals surface area contributed by atoms with E-state index < -0.39 is 34.5 Å². The number of aliphatic hydroxyl groups excluding tert-OH is 2. The van der Waals surface area contributed by atoms with Gasteiger partial charge >= 0.3 is 0 Å². The van der Waals surface area contributed by atoms with Crippen molar-refractivity contribution in [2.45, 2.75) is 37.4 Å². The van der Waals surface area contributed by atoms with Gasteiger partial charge in [0.1, 0.15) is 36.9 Å². The number of para-hydroxylation sites is 2. The maximum Gasteiger partial charge on any atom is 0.283 e. The number of rotatable bonds is 11. The number of carbonyl (C=O) groups is 1. The molecule has 4 aromatic rings. The van der Waals surface area contributed by atoms with E-state index in [2.05, 4.69) is 5.32 Å². The predicted molar refractivity (Wildman–Crippen MR) is 170 cm³/mol. The van der Waals surface area contributed by atoms with Gasteiger partial charge in [0.25, 0.3) is 16.1 Å². The Hall–Kier alpha value is -4.26. The second kappa shape index (κ2) is 14.7. The lowest BCUT2D eigenvalue weighted by atomic mass is 9.99. The van der Waals surface area contributed by atoms with Crippen molar-refractivity contribution in [1.82, 2.24) is 13.9 Å². The molecule has 1 aliphatic rings. The summed E-state index contributed by atoms with van der Waals surface area (Å²) in [5.74, 6) is 0.652. The van der Waals surface area contributed by atoms with E-state index in [0.717, 1.165) is 4.31 Å². The Morgan fingerprint density at radius 1 is 0.689 bits per heavy atom. The zero-order valence-corrected chi connectivity index (χ0v) is 25.7. The molecule has 0 bridgehead atoms. The summed E-state index contributed by atoms with van der Waals surface area (Å²) in [7, 11) is -2.91. The van der Waals surface area contributed by atoms with E-state index in [1.807, 2.05) is 18.2 Å². The summed E-state index contributed by atoms with van der Waals surface area (Å²) < 4.78 is 43.9. The molecule has 11 heteroatoms. The number of nitrogens with one attached hydrogen (secondary N) is 1. The smallest absolute Gasteiger partial charge is 0.283 e. The van der Waals surface area contributed by atoms with Gasteiger partial charge < -0.3 is 25.0 Å². The SMILES string of the molecule is CNC(=O)c1cccc(CN2[C@H](COc3ccccc3)[C@@H](O)[C@H](O)[C@H](COc3ccccc3)N(Cc3ccccc3)S2(=O)=O)c1. The summed E-state index contributed by atoms with van der Waals surface area (Å²) >= 11 is 0. The van der Waals surface area contributed by atoms with Crippen LogP contribution in [0.4, 0.5) is 0 Å². The monoisotopic (exact) mass is 631 g/mol. The number of hydrogen-bond donors (Lipinski definition) is 3. The Bertz CT molecular complexity index is 1640. The first-order valence-electron chi connectivity index (χ1n) is 14.6. The number of carbonyl (C=O) groups excluding carboxylic acids is 1. The molecule has 4 aromatic carbocycles. The van der Waals surface area contributed by atoms with Crippen LogP contribution in [0.25, 0.3) is 0 Å². The highest BCUT2D eigenvalue weighted by atomic mass is 32.2. The average molecular weight is 632 g/mol. The highest BCUT2D eigenvalue weighted by Crippen LogP contribution is 2.31. The quantitative estimate of drug-likeness (QED) is 0.232. The van der Waals surface area contributed by atoms with Crippen LogP contribution in [-0.2, 0) is 23.3 Å². The normalized spacial score (nSPS) is 21.8.